The number of aromatic nitrogens is 1. The van der Waals surface area contributed by atoms with E-state index < -0.39 is 0 Å². The third kappa shape index (κ3) is 3.02. The molecule has 4 aromatic rings. The average Bonchev–Trinajstić information content (AvgIpc) is 3.09. The van der Waals surface area contributed by atoms with Crippen LogP contribution < -0.4 is 9.47 Å². The van der Waals surface area contributed by atoms with Crippen LogP contribution in [0.15, 0.2) is 48.5 Å². The van der Waals surface area contributed by atoms with Gasteiger partial charge in [0.1, 0.15) is 5.01 Å². The molecule has 3 nitrogen and oxygen atoms in total. The van der Waals surface area contributed by atoms with E-state index in [9.17, 15) is 0 Å². The molecule has 0 aliphatic carbocycles. The Labute approximate surface area is 160 Å². The SMILES string of the molecule is COc1cc(C=Cc2nc3c(ccc4ccccc43)s2)cc(Cl)c1OC. The van der Waals surface area contributed by atoms with Crippen molar-refractivity contribution in [3.8, 4) is 11.5 Å². The Morgan fingerprint density at radius 3 is 2.65 bits per heavy atom. The van der Waals surface area contributed by atoms with E-state index >= 15 is 0 Å². The summed E-state index contributed by atoms with van der Waals surface area (Å²) < 4.78 is 11.8. The third-order valence-corrected chi connectivity index (χ3v) is 5.44. The van der Waals surface area contributed by atoms with E-state index in [-0.39, 0.29) is 0 Å². The molecule has 0 aliphatic heterocycles. The molecule has 0 radical (unpaired) electrons. The van der Waals surface area contributed by atoms with E-state index in [1.54, 1.807) is 25.6 Å². The molecular formula is C21H16ClNO2S. The number of hydrogen-bond acceptors (Lipinski definition) is 4. The van der Waals surface area contributed by atoms with Crippen molar-refractivity contribution in [2.45, 2.75) is 0 Å². The van der Waals surface area contributed by atoms with E-state index in [4.69, 9.17) is 26.1 Å². The minimum absolute atomic E-state index is 0.516. The van der Waals surface area contributed by atoms with Gasteiger partial charge in [-0.2, -0.15) is 0 Å². The van der Waals surface area contributed by atoms with Crippen LogP contribution in [0.2, 0.25) is 5.02 Å². The Bertz CT molecular complexity index is 1130. The molecule has 0 amide bonds. The summed E-state index contributed by atoms with van der Waals surface area (Å²) in [5, 5.41) is 3.84. The lowest BCUT2D eigenvalue weighted by Gasteiger charge is -2.10. The highest BCUT2D eigenvalue weighted by atomic mass is 35.5. The van der Waals surface area contributed by atoms with Crippen molar-refractivity contribution in [1.82, 2.24) is 4.98 Å². The number of rotatable bonds is 4. The number of fused-ring (bicyclic) bond motifs is 3. The van der Waals surface area contributed by atoms with Gasteiger partial charge in [-0.15, -0.1) is 11.3 Å². The fraction of sp³-hybridized carbons (Fsp3) is 0.0952. The maximum atomic E-state index is 6.27. The van der Waals surface area contributed by atoms with Crippen LogP contribution in [0.1, 0.15) is 10.6 Å². The normalized spacial score (nSPS) is 11.5. The molecule has 1 heterocycles. The van der Waals surface area contributed by atoms with Gasteiger partial charge in [-0.3, -0.25) is 0 Å². The molecule has 0 saturated heterocycles. The predicted octanol–water partition coefficient (Wildman–Crippen LogP) is 6.29. The molecule has 4 rings (SSSR count). The number of nitrogens with zero attached hydrogens (tertiary/aromatic N) is 1. The molecule has 26 heavy (non-hydrogen) atoms. The second-order valence-electron chi connectivity index (χ2n) is 5.76. The molecule has 3 aromatic carbocycles. The van der Waals surface area contributed by atoms with Gasteiger partial charge >= 0.3 is 0 Å². The lowest BCUT2D eigenvalue weighted by Crippen LogP contribution is -1.92. The topological polar surface area (TPSA) is 31.4 Å². The standard InChI is InChI=1S/C21H16ClNO2S/c1-24-17-12-13(11-16(22)21(17)25-2)7-10-19-23-20-15-6-4-3-5-14(15)8-9-18(20)26-19/h3-12H,1-2H3. The molecule has 0 saturated carbocycles. The summed E-state index contributed by atoms with van der Waals surface area (Å²) in [6.45, 7) is 0. The zero-order valence-electron chi connectivity index (χ0n) is 14.3. The maximum Gasteiger partial charge on any atom is 0.179 e. The summed E-state index contributed by atoms with van der Waals surface area (Å²) in [6.07, 6.45) is 3.98. The van der Waals surface area contributed by atoms with Gasteiger partial charge in [0.25, 0.3) is 0 Å². The lowest BCUT2D eigenvalue weighted by atomic mass is 10.1. The summed E-state index contributed by atoms with van der Waals surface area (Å²) in [7, 11) is 3.17. The second kappa shape index (κ2) is 6.98. The van der Waals surface area contributed by atoms with Crippen LogP contribution in [0.4, 0.5) is 0 Å². The zero-order valence-corrected chi connectivity index (χ0v) is 15.9. The van der Waals surface area contributed by atoms with Crippen molar-refractivity contribution in [1.29, 1.82) is 0 Å². The Morgan fingerprint density at radius 1 is 1.00 bits per heavy atom. The first-order chi connectivity index (χ1) is 12.7. The number of halogens is 1. The van der Waals surface area contributed by atoms with Crippen molar-refractivity contribution in [3.63, 3.8) is 0 Å². The summed E-state index contributed by atoms with van der Waals surface area (Å²) in [4.78, 5) is 4.80. The zero-order chi connectivity index (χ0) is 18.1. The predicted molar refractivity (Wildman–Crippen MR) is 111 cm³/mol. The Morgan fingerprint density at radius 2 is 1.85 bits per heavy atom. The third-order valence-electron chi connectivity index (χ3n) is 4.17. The first-order valence-electron chi connectivity index (χ1n) is 8.07. The molecular weight excluding hydrogens is 366 g/mol. The maximum absolute atomic E-state index is 6.27. The lowest BCUT2D eigenvalue weighted by molar-refractivity contribution is 0.355. The van der Waals surface area contributed by atoms with Crippen LogP contribution in [-0.4, -0.2) is 19.2 Å². The van der Waals surface area contributed by atoms with Crippen molar-refractivity contribution in [3.05, 3.63) is 64.1 Å². The Kier molecular flexibility index (Phi) is 4.53. The van der Waals surface area contributed by atoms with Gasteiger partial charge < -0.3 is 9.47 Å². The van der Waals surface area contributed by atoms with Gasteiger partial charge in [0.2, 0.25) is 0 Å². The second-order valence-corrected chi connectivity index (χ2v) is 7.23. The summed E-state index contributed by atoms with van der Waals surface area (Å²) >= 11 is 7.94. The average molecular weight is 382 g/mol. The van der Waals surface area contributed by atoms with Gasteiger partial charge in [-0.05, 0) is 35.2 Å². The first-order valence-corrected chi connectivity index (χ1v) is 9.27. The molecule has 0 fully saturated rings. The van der Waals surface area contributed by atoms with Crippen molar-refractivity contribution in [2.24, 2.45) is 0 Å². The monoisotopic (exact) mass is 381 g/mol. The van der Waals surface area contributed by atoms with Crippen LogP contribution in [0.25, 0.3) is 33.1 Å². The Balaban J connectivity index is 1.73. The van der Waals surface area contributed by atoms with Gasteiger partial charge in [0, 0.05) is 5.39 Å². The van der Waals surface area contributed by atoms with Gasteiger partial charge in [-0.1, -0.05) is 48.0 Å². The van der Waals surface area contributed by atoms with Gasteiger partial charge in [0.05, 0.1) is 29.5 Å². The van der Waals surface area contributed by atoms with Crippen LogP contribution in [-0.2, 0) is 0 Å². The van der Waals surface area contributed by atoms with Gasteiger partial charge in [0.15, 0.2) is 11.5 Å². The van der Waals surface area contributed by atoms with Crippen molar-refractivity contribution >= 4 is 56.1 Å². The number of ether oxygens (including phenoxy) is 2. The van der Waals surface area contributed by atoms with Crippen molar-refractivity contribution < 1.29 is 9.47 Å². The minimum atomic E-state index is 0.516. The van der Waals surface area contributed by atoms with E-state index in [1.807, 2.05) is 36.4 Å². The molecule has 0 spiro atoms. The highest BCUT2D eigenvalue weighted by Crippen LogP contribution is 2.37. The molecule has 0 bridgehead atoms. The van der Waals surface area contributed by atoms with E-state index in [2.05, 4.69) is 24.3 Å². The van der Waals surface area contributed by atoms with Crippen LogP contribution in [0.3, 0.4) is 0 Å². The number of thiazole rings is 1. The molecule has 5 heteroatoms. The molecule has 130 valence electrons. The first kappa shape index (κ1) is 16.9. The molecule has 0 N–H and O–H groups in total. The fourth-order valence-corrected chi connectivity index (χ4v) is 4.13. The summed E-state index contributed by atoms with van der Waals surface area (Å²) in [6, 6.07) is 16.3. The molecule has 0 atom stereocenters. The summed E-state index contributed by atoms with van der Waals surface area (Å²) in [5.74, 6) is 1.15. The highest BCUT2D eigenvalue weighted by Gasteiger charge is 2.10. The fourth-order valence-electron chi connectivity index (χ4n) is 2.95. The molecule has 1 aromatic heterocycles. The number of hydrogen-bond donors (Lipinski definition) is 0. The van der Waals surface area contributed by atoms with E-state index in [1.165, 1.54) is 15.5 Å². The highest BCUT2D eigenvalue weighted by molar-refractivity contribution is 7.19. The summed E-state index contributed by atoms with van der Waals surface area (Å²) in [5.41, 5.74) is 1.97. The smallest absolute Gasteiger partial charge is 0.179 e. The number of benzene rings is 3. The van der Waals surface area contributed by atoms with Gasteiger partial charge in [-0.25, -0.2) is 4.98 Å². The van der Waals surface area contributed by atoms with Crippen molar-refractivity contribution in [2.75, 3.05) is 14.2 Å². The minimum Gasteiger partial charge on any atom is -0.493 e. The van der Waals surface area contributed by atoms with Crippen LogP contribution in [0.5, 0.6) is 11.5 Å². The van der Waals surface area contributed by atoms with E-state index in [0.29, 0.717) is 16.5 Å². The molecule has 0 unspecified atom stereocenters. The van der Waals surface area contributed by atoms with Crippen LogP contribution >= 0.6 is 22.9 Å². The van der Waals surface area contributed by atoms with Crippen LogP contribution in [0, 0.1) is 0 Å². The number of methoxy groups -OCH3 is 2. The quantitative estimate of drug-likeness (QED) is 0.416. The Hall–Kier alpha value is -2.56. The molecule has 0 aliphatic rings. The largest absolute Gasteiger partial charge is 0.493 e. The van der Waals surface area contributed by atoms with E-state index in [0.717, 1.165) is 16.1 Å².